The van der Waals surface area contributed by atoms with Crippen molar-refractivity contribution in [1.29, 1.82) is 0 Å². The van der Waals surface area contributed by atoms with E-state index in [0.29, 0.717) is 25.2 Å². The summed E-state index contributed by atoms with van der Waals surface area (Å²) in [4.78, 5) is 12.6. The molecule has 3 aromatic rings. The molecule has 0 radical (unpaired) electrons. The Hall–Kier alpha value is -2.86. The Labute approximate surface area is 157 Å². The fraction of sp³-hybridized carbons (Fsp3) is 0.333. The Kier molecular flexibility index (Phi) is 4.81. The first-order valence-electron chi connectivity index (χ1n) is 9.06. The number of nitrogens with one attached hydrogen (secondary N) is 1. The van der Waals surface area contributed by atoms with Crippen LogP contribution in [0.2, 0.25) is 0 Å². The SMILES string of the molecule is Cc1cc(C[C@@H]2COC[C@@H]2NC(=O)c2ccc(-c3ccc(C)o3)cc2)on1. The highest BCUT2D eigenvalue weighted by Gasteiger charge is 2.31. The van der Waals surface area contributed by atoms with E-state index >= 15 is 0 Å². The van der Waals surface area contributed by atoms with Gasteiger partial charge in [0.05, 0.1) is 24.9 Å². The average molecular weight is 366 g/mol. The number of ether oxygens (including phenoxy) is 1. The van der Waals surface area contributed by atoms with Crippen molar-refractivity contribution in [3.8, 4) is 11.3 Å². The van der Waals surface area contributed by atoms with E-state index in [4.69, 9.17) is 13.7 Å². The summed E-state index contributed by atoms with van der Waals surface area (Å²) in [5.41, 5.74) is 2.42. The number of carbonyl (C=O) groups is 1. The molecule has 3 heterocycles. The van der Waals surface area contributed by atoms with Crippen molar-refractivity contribution in [3.05, 3.63) is 65.2 Å². The van der Waals surface area contributed by atoms with E-state index in [1.54, 1.807) is 0 Å². The van der Waals surface area contributed by atoms with Crippen LogP contribution < -0.4 is 5.32 Å². The number of hydrogen-bond acceptors (Lipinski definition) is 5. The van der Waals surface area contributed by atoms with Crippen LogP contribution in [0.25, 0.3) is 11.3 Å². The minimum atomic E-state index is -0.105. The van der Waals surface area contributed by atoms with Gasteiger partial charge in [0.1, 0.15) is 17.3 Å². The fourth-order valence-electron chi connectivity index (χ4n) is 3.36. The smallest absolute Gasteiger partial charge is 0.251 e. The molecule has 0 unspecified atom stereocenters. The van der Waals surface area contributed by atoms with Crippen LogP contribution in [0.15, 0.2) is 51.4 Å². The maximum Gasteiger partial charge on any atom is 0.251 e. The van der Waals surface area contributed by atoms with Crippen molar-refractivity contribution >= 4 is 5.91 Å². The zero-order valence-electron chi connectivity index (χ0n) is 15.4. The Bertz CT molecular complexity index is 926. The van der Waals surface area contributed by atoms with Crippen molar-refractivity contribution < 1.29 is 18.5 Å². The summed E-state index contributed by atoms with van der Waals surface area (Å²) in [5, 5.41) is 7.00. The highest BCUT2D eigenvalue weighted by Crippen LogP contribution is 2.23. The molecule has 140 valence electrons. The van der Waals surface area contributed by atoms with Gasteiger partial charge in [0, 0.05) is 29.5 Å². The molecule has 0 bridgehead atoms. The summed E-state index contributed by atoms with van der Waals surface area (Å²) < 4.78 is 16.5. The molecule has 6 heteroatoms. The number of rotatable bonds is 5. The minimum Gasteiger partial charge on any atom is -0.461 e. The fourth-order valence-corrected chi connectivity index (χ4v) is 3.36. The normalized spacial score (nSPS) is 19.3. The molecule has 0 aliphatic carbocycles. The number of carbonyl (C=O) groups excluding carboxylic acids is 1. The van der Waals surface area contributed by atoms with Crippen LogP contribution in [0.3, 0.4) is 0 Å². The molecule has 0 spiro atoms. The average Bonchev–Trinajstić information content (AvgIpc) is 3.38. The molecule has 1 aromatic carbocycles. The van der Waals surface area contributed by atoms with Gasteiger partial charge in [-0.15, -0.1) is 0 Å². The van der Waals surface area contributed by atoms with E-state index in [-0.39, 0.29) is 17.9 Å². The number of aryl methyl sites for hydroxylation is 2. The maximum atomic E-state index is 12.6. The molecule has 2 aromatic heterocycles. The second-order valence-electron chi connectivity index (χ2n) is 7.00. The molecular formula is C21H22N2O4. The zero-order valence-corrected chi connectivity index (χ0v) is 15.4. The van der Waals surface area contributed by atoms with Gasteiger partial charge < -0.3 is 19.0 Å². The number of nitrogens with zero attached hydrogens (tertiary/aromatic N) is 1. The first kappa shape index (κ1) is 17.5. The monoisotopic (exact) mass is 366 g/mol. The quantitative estimate of drug-likeness (QED) is 0.747. The Morgan fingerprint density at radius 3 is 2.63 bits per heavy atom. The lowest BCUT2D eigenvalue weighted by atomic mass is 9.97. The molecule has 1 aliphatic heterocycles. The molecule has 0 saturated carbocycles. The molecule has 1 N–H and O–H groups in total. The lowest BCUT2D eigenvalue weighted by Gasteiger charge is -2.18. The highest BCUT2D eigenvalue weighted by atomic mass is 16.5. The summed E-state index contributed by atoms with van der Waals surface area (Å²) in [5.74, 6) is 2.55. The van der Waals surface area contributed by atoms with E-state index in [1.807, 2.05) is 56.3 Å². The molecule has 1 saturated heterocycles. The molecule has 27 heavy (non-hydrogen) atoms. The van der Waals surface area contributed by atoms with Gasteiger partial charge in [0.2, 0.25) is 0 Å². The molecule has 4 rings (SSSR count). The van der Waals surface area contributed by atoms with E-state index in [0.717, 1.165) is 28.5 Å². The Balaban J connectivity index is 1.40. The first-order chi connectivity index (χ1) is 13.1. The standard InChI is InChI=1S/C21H22N2O4/c1-13-9-18(27-23-13)10-17-11-25-12-19(17)22-21(24)16-6-4-15(5-7-16)20-8-3-14(2)26-20/h3-9,17,19H,10-12H2,1-2H3,(H,22,24)/t17-,19+/m1/s1. The largest absolute Gasteiger partial charge is 0.461 e. The third kappa shape index (κ3) is 3.95. The summed E-state index contributed by atoms with van der Waals surface area (Å²) in [6, 6.07) is 13.1. The Morgan fingerprint density at radius 2 is 1.96 bits per heavy atom. The van der Waals surface area contributed by atoms with Crippen LogP contribution in [0.5, 0.6) is 0 Å². The van der Waals surface area contributed by atoms with Crippen molar-refractivity contribution in [2.45, 2.75) is 26.3 Å². The van der Waals surface area contributed by atoms with Crippen molar-refractivity contribution in [3.63, 3.8) is 0 Å². The predicted molar refractivity (Wildman–Crippen MR) is 99.4 cm³/mol. The van der Waals surface area contributed by atoms with Gasteiger partial charge >= 0.3 is 0 Å². The van der Waals surface area contributed by atoms with Gasteiger partial charge in [-0.2, -0.15) is 0 Å². The molecule has 1 fully saturated rings. The summed E-state index contributed by atoms with van der Waals surface area (Å²) in [6.45, 7) is 4.91. The predicted octanol–water partition coefficient (Wildman–Crippen LogP) is 3.54. The maximum absolute atomic E-state index is 12.6. The number of aromatic nitrogens is 1. The highest BCUT2D eigenvalue weighted by molar-refractivity contribution is 5.94. The number of amides is 1. The first-order valence-corrected chi connectivity index (χ1v) is 9.06. The third-order valence-electron chi connectivity index (χ3n) is 4.83. The van der Waals surface area contributed by atoms with Crippen molar-refractivity contribution in [2.24, 2.45) is 5.92 Å². The van der Waals surface area contributed by atoms with Crippen LogP contribution >= 0.6 is 0 Å². The van der Waals surface area contributed by atoms with E-state index in [2.05, 4.69) is 10.5 Å². The molecule has 1 aliphatic rings. The van der Waals surface area contributed by atoms with Gasteiger partial charge in [-0.05, 0) is 38.1 Å². The van der Waals surface area contributed by atoms with Crippen LogP contribution in [-0.4, -0.2) is 30.3 Å². The van der Waals surface area contributed by atoms with E-state index < -0.39 is 0 Å². The van der Waals surface area contributed by atoms with Gasteiger partial charge in [0.15, 0.2) is 0 Å². The van der Waals surface area contributed by atoms with Crippen LogP contribution in [-0.2, 0) is 11.2 Å². The van der Waals surface area contributed by atoms with Gasteiger partial charge in [0.25, 0.3) is 5.91 Å². The summed E-state index contributed by atoms with van der Waals surface area (Å²) in [6.07, 6.45) is 0.697. The number of furan rings is 1. The number of hydrogen-bond donors (Lipinski definition) is 1. The molecular weight excluding hydrogens is 344 g/mol. The van der Waals surface area contributed by atoms with E-state index in [9.17, 15) is 4.79 Å². The van der Waals surface area contributed by atoms with Gasteiger partial charge in [-0.1, -0.05) is 17.3 Å². The van der Waals surface area contributed by atoms with Crippen LogP contribution in [0.4, 0.5) is 0 Å². The third-order valence-corrected chi connectivity index (χ3v) is 4.83. The van der Waals surface area contributed by atoms with Gasteiger partial charge in [-0.3, -0.25) is 4.79 Å². The second-order valence-corrected chi connectivity index (χ2v) is 7.00. The van der Waals surface area contributed by atoms with Gasteiger partial charge in [-0.25, -0.2) is 0 Å². The number of benzene rings is 1. The minimum absolute atomic E-state index is 0.0460. The molecule has 2 atom stereocenters. The van der Waals surface area contributed by atoms with Crippen molar-refractivity contribution in [1.82, 2.24) is 10.5 Å². The zero-order chi connectivity index (χ0) is 18.8. The lowest BCUT2D eigenvalue weighted by Crippen LogP contribution is -2.40. The molecule has 1 amide bonds. The summed E-state index contributed by atoms with van der Waals surface area (Å²) in [7, 11) is 0. The topological polar surface area (TPSA) is 77.5 Å². The lowest BCUT2D eigenvalue weighted by molar-refractivity contribution is 0.0924. The Morgan fingerprint density at radius 1 is 1.15 bits per heavy atom. The molecule has 6 nitrogen and oxygen atoms in total. The van der Waals surface area contributed by atoms with Crippen LogP contribution in [0, 0.1) is 19.8 Å². The van der Waals surface area contributed by atoms with Crippen molar-refractivity contribution in [2.75, 3.05) is 13.2 Å². The van der Waals surface area contributed by atoms with E-state index in [1.165, 1.54) is 0 Å². The summed E-state index contributed by atoms with van der Waals surface area (Å²) >= 11 is 0. The second kappa shape index (κ2) is 7.40. The van der Waals surface area contributed by atoms with Crippen LogP contribution in [0.1, 0.15) is 27.6 Å².